The number of nitrogens with two attached hydrogens (primary N) is 1. The van der Waals surface area contributed by atoms with Gasteiger partial charge in [-0.1, -0.05) is 6.07 Å². The number of hydrogen-bond donors (Lipinski definition) is 1. The topological polar surface area (TPSA) is 52.3 Å². The first-order chi connectivity index (χ1) is 10.7. The Kier molecular flexibility index (Phi) is 7.23. The molecule has 0 aliphatic rings. The van der Waals surface area contributed by atoms with E-state index in [9.17, 15) is 39.9 Å². The Morgan fingerprint density at radius 2 is 1.60 bits per heavy atom. The minimum Gasteiger partial charge on any atom is -0.462 e. The molecule has 0 radical (unpaired) electrons. The minimum absolute atomic E-state index is 0. The van der Waals surface area contributed by atoms with E-state index in [0.29, 0.717) is 0 Å². The Bertz CT molecular complexity index is 615. The van der Waals surface area contributed by atoms with Gasteiger partial charge in [0.15, 0.2) is 0 Å². The number of esters is 1. The van der Waals surface area contributed by atoms with Crippen molar-refractivity contribution in [3.05, 3.63) is 34.9 Å². The zero-order valence-electron chi connectivity index (χ0n) is 12.3. The first-order valence-corrected chi connectivity index (χ1v) is 6.31. The van der Waals surface area contributed by atoms with E-state index in [-0.39, 0.29) is 30.6 Å². The normalized spacial score (nSPS) is 13.8. The van der Waals surface area contributed by atoms with Crippen molar-refractivity contribution in [1.29, 1.82) is 0 Å². The Hall–Kier alpha value is -1.62. The summed E-state index contributed by atoms with van der Waals surface area (Å²) in [6, 6.07) is -2.83. The van der Waals surface area contributed by atoms with E-state index < -0.39 is 53.6 Å². The average Bonchev–Trinajstić information content (AvgIpc) is 2.44. The summed E-state index contributed by atoms with van der Waals surface area (Å²) in [7, 11) is 0. The van der Waals surface area contributed by atoms with E-state index >= 15 is 0 Å². The smallest absolute Gasteiger partial charge is 0.416 e. The van der Waals surface area contributed by atoms with Crippen LogP contribution < -0.4 is 5.73 Å². The van der Waals surface area contributed by atoms with Gasteiger partial charge in [-0.25, -0.2) is 4.79 Å². The van der Waals surface area contributed by atoms with Crippen LogP contribution in [-0.4, -0.2) is 18.5 Å². The fourth-order valence-electron chi connectivity index (χ4n) is 1.80. The molecule has 0 heterocycles. The van der Waals surface area contributed by atoms with Crippen LogP contribution in [0.3, 0.4) is 0 Å². The third kappa shape index (κ3) is 5.18. The van der Waals surface area contributed by atoms with Gasteiger partial charge in [-0.2, -0.15) is 35.1 Å². The van der Waals surface area contributed by atoms with Crippen LogP contribution in [0.5, 0.6) is 0 Å². The van der Waals surface area contributed by atoms with Crippen LogP contribution in [0.4, 0.5) is 35.1 Å². The van der Waals surface area contributed by atoms with Crippen molar-refractivity contribution in [2.45, 2.75) is 31.2 Å². The van der Waals surface area contributed by atoms with Crippen molar-refractivity contribution in [2.75, 3.05) is 6.61 Å². The largest absolute Gasteiger partial charge is 0.462 e. The van der Waals surface area contributed by atoms with E-state index in [1.165, 1.54) is 6.92 Å². The lowest BCUT2D eigenvalue weighted by Crippen LogP contribution is -2.42. The molecule has 1 atom stereocenters. The number of carbonyl (C=O) groups excluding carboxylic acids is 1. The lowest BCUT2D eigenvalue weighted by Gasteiger charge is -2.25. The number of alkyl halides is 8. The second kappa shape index (κ2) is 7.73. The molecule has 2 N–H and O–H groups in total. The van der Waals surface area contributed by atoms with Crippen molar-refractivity contribution in [1.82, 2.24) is 0 Å². The molecule has 0 aliphatic heterocycles. The van der Waals surface area contributed by atoms with Crippen molar-refractivity contribution in [3.8, 4) is 0 Å². The second-order valence-corrected chi connectivity index (χ2v) is 4.62. The van der Waals surface area contributed by atoms with Crippen LogP contribution in [-0.2, 0) is 21.9 Å². The van der Waals surface area contributed by atoms with E-state index in [2.05, 4.69) is 4.74 Å². The highest BCUT2D eigenvalue weighted by atomic mass is 35.5. The lowest BCUT2D eigenvalue weighted by molar-refractivity contribution is -0.175. The summed E-state index contributed by atoms with van der Waals surface area (Å²) in [6.45, 7) is 0.694. The molecule has 1 rings (SSSR count). The van der Waals surface area contributed by atoms with E-state index in [1.54, 1.807) is 0 Å². The van der Waals surface area contributed by atoms with Crippen LogP contribution in [0, 0.1) is 0 Å². The van der Waals surface area contributed by atoms with Crippen molar-refractivity contribution in [3.63, 3.8) is 0 Å². The van der Waals surface area contributed by atoms with Gasteiger partial charge in [-0.3, -0.25) is 0 Å². The molecule has 12 heteroatoms. The Labute approximate surface area is 142 Å². The third-order valence-corrected chi connectivity index (χ3v) is 2.96. The molecular formula is C13H12ClF8NO2. The fourth-order valence-corrected chi connectivity index (χ4v) is 1.80. The molecule has 1 aromatic carbocycles. The number of hydrogen-bond acceptors (Lipinski definition) is 3. The molecule has 0 saturated carbocycles. The maximum Gasteiger partial charge on any atom is 0.416 e. The van der Waals surface area contributed by atoms with Gasteiger partial charge in [0.25, 0.3) is 0 Å². The summed E-state index contributed by atoms with van der Waals surface area (Å²) in [4.78, 5) is 11.2. The standard InChI is InChI=1S/C13H11F8NO2.ClH/c1-2-24-10(23)11(14,15)9(22)7-4-3-6(12(16,17)18)5-8(7)13(19,20)21;/h3-5,9H,2,22H2,1H3;1H/t9-;/m0./s1. The summed E-state index contributed by atoms with van der Waals surface area (Å²) in [5.74, 6) is -6.74. The van der Waals surface area contributed by atoms with E-state index in [0.717, 1.165) is 0 Å². The first-order valence-electron chi connectivity index (χ1n) is 6.31. The fraction of sp³-hybridized carbons (Fsp3) is 0.462. The van der Waals surface area contributed by atoms with Gasteiger partial charge in [0.05, 0.1) is 17.7 Å². The van der Waals surface area contributed by atoms with Gasteiger partial charge >= 0.3 is 24.2 Å². The summed E-state index contributed by atoms with van der Waals surface area (Å²) in [6.07, 6.45) is -10.5. The number of carbonyl (C=O) groups is 1. The zero-order valence-corrected chi connectivity index (χ0v) is 13.2. The molecular weight excluding hydrogens is 390 g/mol. The van der Waals surface area contributed by atoms with Gasteiger partial charge in [0.1, 0.15) is 6.04 Å². The highest BCUT2D eigenvalue weighted by molar-refractivity contribution is 5.85. The quantitative estimate of drug-likeness (QED) is 0.603. The number of benzene rings is 1. The summed E-state index contributed by atoms with van der Waals surface area (Å²) >= 11 is 0. The van der Waals surface area contributed by atoms with Crippen molar-refractivity contribution in [2.24, 2.45) is 5.73 Å². The molecule has 0 spiro atoms. The van der Waals surface area contributed by atoms with Crippen molar-refractivity contribution < 1.29 is 44.7 Å². The summed E-state index contributed by atoms with van der Waals surface area (Å²) < 4.78 is 108. The van der Waals surface area contributed by atoms with Crippen LogP contribution in [0.15, 0.2) is 18.2 Å². The summed E-state index contributed by atoms with van der Waals surface area (Å²) in [5.41, 5.74) is -0.0200. The lowest BCUT2D eigenvalue weighted by atomic mass is 9.94. The highest BCUT2D eigenvalue weighted by Gasteiger charge is 2.50. The Morgan fingerprint density at radius 1 is 1.08 bits per heavy atom. The van der Waals surface area contributed by atoms with Gasteiger partial charge < -0.3 is 10.5 Å². The molecule has 1 aromatic rings. The maximum absolute atomic E-state index is 13.8. The second-order valence-electron chi connectivity index (χ2n) is 4.62. The molecule has 0 unspecified atom stereocenters. The van der Waals surface area contributed by atoms with Gasteiger partial charge in [-0.05, 0) is 24.6 Å². The van der Waals surface area contributed by atoms with Crippen LogP contribution in [0.2, 0.25) is 0 Å². The monoisotopic (exact) mass is 401 g/mol. The predicted octanol–water partition coefficient (Wildman–Crippen LogP) is 4.34. The molecule has 0 saturated heterocycles. The predicted molar refractivity (Wildman–Crippen MR) is 72.2 cm³/mol. The van der Waals surface area contributed by atoms with E-state index in [4.69, 9.17) is 5.73 Å². The van der Waals surface area contributed by atoms with E-state index in [1.807, 2.05) is 0 Å². The van der Waals surface area contributed by atoms with Crippen molar-refractivity contribution >= 4 is 18.4 Å². The zero-order chi connectivity index (χ0) is 18.9. The Morgan fingerprint density at radius 3 is 2.00 bits per heavy atom. The third-order valence-electron chi connectivity index (χ3n) is 2.96. The molecule has 3 nitrogen and oxygen atoms in total. The molecule has 0 aliphatic carbocycles. The molecule has 0 bridgehead atoms. The van der Waals surface area contributed by atoms with Gasteiger partial charge in [-0.15, -0.1) is 12.4 Å². The number of ether oxygens (including phenoxy) is 1. The molecule has 0 aromatic heterocycles. The van der Waals surface area contributed by atoms with Gasteiger partial charge in [0, 0.05) is 0 Å². The Balaban J connectivity index is 0.00000576. The minimum atomic E-state index is -5.39. The maximum atomic E-state index is 13.8. The van der Waals surface area contributed by atoms with Crippen LogP contribution in [0.1, 0.15) is 29.7 Å². The first kappa shape index (κ1) is 23.4. The molecule has 25 heavy (non-hydrogen) atoms. The molecule has 0 amide bonds. The average molecular weight is 402 g/mol. The van der Waals surface area contributed by atoms with Crippen LogP contribution in [0.25, 0.3) is 0 Å². The highest BCUT2D eigenvalue weighted by Crippen LogP contribution is 2.42. The SMILES string of the molecule is CCOC(=O)C(F)(F)[C@@H](N)c1ccc(C(F)(F)F)cc1C(F)(F)F.Cl. The van der Waals surface area contributed by atoms with Crippen LogP contribution >= 0.6 is 12.4 Å². The molecule has 0 fully saturated rings. The van der Waals surface area contributed by atoms with Gasteiger partial charge in [0.2, 0.25) is 0 Å². The summed E-state index contributed by atoms with van der Waals surface area (Å²) in [5, 5.41) is 0. The molecule has 144 valence electrons. The number of halogens is 9. The number of rotatable bonds is 4.